The summed E-state index contributed by atoms with van der Waals surface area (Å²) in [5.41, 5.74) is 0.302. The van der Waals surface area contributed by atoms with Crippen LogP contribution in [0.3, 0.4) is 0 Å². The van der Waals surface area contributed by atoms with Gasteiger partial charge in [-0.25, -0.2) is 9.37 Å². The molecule has 1 atom stereocenters. The fourth-order valence-corrected chi connectivity index (χ4v) is 4.81. The van der Waals surface area contributed by atoms with Crippen molar-refractivity contribution in [1.82, 2.24) is 24.6 Å². The number of benzene rings is 1. The summed E-state index contributed by atoms with van der Waals surface area (Å²) in [6.07, 6.45) is 2.40. The molecule has 2 aliphatic rings. The number of halogens is 1. The number of carbonyl (C=O) groups is 1. The lowest BCUT2D eigenvalue weighted by molar-refractivity contribution is 0.0638. The molecule has 1 fully saturated rings. The summed E-state index contributed by atoms with van der Waals surface area (Å²) in [5.74, 6) is 1.55. The van der Waals surface area contributed by atoms with Gasteiger partial charge in [-0.2, -0.15) is 0 Å². The SMILES string of the molecule is [2H]c1cc(C(=O)N2CCn3c(-c4nc(N5CCCC5)cs4)nnc3[C@H]2C)ccc1F. The van der Waals surface area contributed by atoms with Gasteiger partial charge in [-0.15, -0.1) is 21.5 Å². The molecule has 9 heteroatoms. The number of rotatable bonds is 3. The second-order valence-corrected chi connectivity index (χ2v) is 8.20. The summed E-state index contributed by atoms with van der Waals surface area (Å²) >= 11 is 1.56. The van der Waals surface area contributed by atoms with Gasteiger partial charge >= 0.3 is 0 Å². The third kappa shape index (κ3) is 3.19. The van der Waals surface area contributed by atoms with Crippen molar-refractivity contribution in [2.45, 2.75) is 32.4 Å². The summed E-state index contributed by atoms with van der Waals surface area (Å²) in [6, 6.07) is 3.27. The Morgan fingerprint density at radius 3 is 2.83 bits per heavy atom. The van der Waals surface area contributed by atoms with Gasteiger partial charge in [0.25, 0.3) is 5.91 Å². The zero-order valence-corrected chi connectivity index (χ0v) is 16.8. The maximum absolute atomic E-state index is 13.4. The molecule has 0 spiro atoms. The molecular weight excluding hydrogens is 391 g/mol. The van der Waals surface area contributed by atoms with Crippen LogP contribution in [0.25, 0.3) is 10.8 Å². The number of fused-ring (bicyclic) bond motifs is 1. The molecule has 7 nitrogen and oxygen atoms in total. The number of carbonyl (C=O) groups excluding carboxylic acids is 1. The third-order valence-electron chi connectivity index (χ3n) is 5.58. The molecule has 0 unspecified atom stereocenters. The molecule has 1 aromatic carbocycles. The minimum atomic E-state index is -0.639. The van der Waals surface area contributed by atoms with Crippen LogP contribution in [0.2, 0.25) is 0 Å². The van der Waals surface area contributed by atoms with Crippen LogP contribution in [0, 0.1) is 5.82 Å². The zero-order valence-electron chi connectivity index (χ0n) is 17.0. The first-order valence-corrected chi connectivity index (χ1v) is 10.6. The first-order chi connectivity index (χ1) is 14.5. The van der Waals surface area contributed by atoms with E-state index < -0.39 is 5.82 Å². The summed E-state index contributed by atoms with van der Waals surface area (Å²) in [5, 5.41) is 11.6. The van der Waals surface area contributed by atoms with Gasteiger partial charge in [-0.1, -0.05) is 0 Å². The Kier molecular flexibility index (Phi) is 4.25. The van der Waals surface area contributed by atoms with Gasteiger partial charge in [0.05, 0.1) is 7.41 Å². The van der Waals surface area contributed by atoms with Gasteiger partial charge in [-0.05, 0) is 44.0 Å². The molecule has 2 aromatic heterocycles. The quantitative estimate of drug-likeness (QED) is 0.659. The first-order valence-electron chi connectivity index (χ1n) is 10.2. The number of thiazole rings is 1. The largest absolute Gasteiger partial charge is 0.356 e. The van der Waals surface area contributed by atoms with E-state index in [9.17, 15) is 9.18 Å². The van der Waals surface area contributed by atoms with E-state index in [-0.39, 0.29) is 18.0 Å². The van der Waals surface area contributed by atoms with Gasteiger partial charge in [-0.3, -0.25) is 4.79 Å². The number of nitrogens with zero attached hydrogens (tertiary/aromatic N) is 6. The van der Waals surface area contributed by atoms with Crippen molar-refractivity contribution in [2.75, 3.05) is 24.5 Å². The fraction of sp³-hybridized carbons (Fsp3) is 0.400. The molecule has 0 aliphatic carbocycles. The van der Waals surface area contributed by atoms with Gasteiger partial charge in [0.1, 0.15) is 11.6 Å². The third-order valence-corrected chi connectivity index (χ3v) is 6.41. The van der Waals surface area contributed by atoms with E-state index in [1.807, 2.05) is 11.5 Å². The molecule has 0 radical (unpaired) electrons. The zero-order chi connectivity index (χ0) is 20.8. The normalized spacial score (nSPS) is 19.4. The van der Waals surface area contributed by atoms with Crippen molar-refractivity contribution in [3.63, 3.8) is 0 Å². The predicted octanol–water partition coefficient (Wildman–Crippen LogP) is 3.36. The Bertz CT molecular complexity index is 1110. The van der Waals surface area contributed by atoms with Crippen molar-refractivity contribution in [3.05, 3.63) is 46.8 Å². The smallest absolute Gasteiger partial charge is 0.254 e. The number of anilines is 1. The molecule has 29 heavy (non-hydrogen) atoms. The van der Waals surface area contributed by atoms with Crippen molar-refractivity contribution in [3.8, 4) is 10.8 Å². The summed E-state index contributed by atoms with van der Waals surface area (Å²) < 4.78 is 23.0. The van der Waals surface area contributed by atoms with Crippen LogP contribution in [-0.4, -0.2) is 50.2 Å². The van der Waals surface area contributed by atoms with E-state index in [0.717, 1.165) is 35.8 Å². The lowest BCUT2D eigenvalue weighted by Crippen LogP contribution is -2.41. The molecule has 1 amide bonds. The van der Waals surface area contributed by atoms with Gasteiger partial charge in [0.2, 0.25) is 0 Å². The number of hydrogen-bond donors (Lipinski definition) is 0. The highest BCUT2D eigenvalue weighted by Crippen LogP contribution is 2.33. The topological polar surface area (TPSA) is 67.2 Å². The number of amides is 1. The van der Waals surface area contributed by atoms with Crippen molar-refractivity contribution in [1.29, 1.82) is 0 Å². The number of hydrogen-bond acceptors (Lipinski definition) is 6. The average Bonchev–Trinajstić information content (AvgIpc) is 3.49. The molecule has 4 heterocycles. The lowest BCUT2D eigenvalue weighted by atomic mass is 10.1. The second-order valence-electron chi connectivity index (χ2n) is 7.34. The molecule has 2 aliphatic heterocycles. The van der Waals surface area contributed by atoms with E-state index in [1.165, 1.54) is 25.0 Å². The summed E-state index contributed by atoms with van der Waals surface area (Å²) in [4.78, 5) is 21.7. The van der Waals surface area contributed by atoms with Crippen LogP contribution < -0.4 is 4.90 Å². The molecule has 3 aromatic rings. The predicted molar refractivity (Wildman–Crippen MR) is 108 cm³/mol. The maximum Gasteiger partial charge on any atom is 0.254 e. The molecule has 0 bridgehead atoms. The van der Waals surface area contributed by atoms with Crippen molar-refractivity contribution in [2.24, 2.45) is 0 Å². The van der Waals surface area contributed by atoms with Crippen LogP contribution in [0.4, 0.5) is 10.2 Å². The highest BCUT2D eigenvalue weighted by Gasteiger charge is 2.32. The molecule has 150 valence electrons. The van der Waals surface area contributed by atoms with Gasteiger partial charge in [0.15, 0.2) is 16.7 Å². The monoisotopic (exact) mass is 413 g/mol. The first kappa shape index (κ1) is 17.1. The highest BCUT2D eigenvalue weighted by molar-refractivity contribution is 7.13. The van der Waals surface area contributed by atoms with E-state index >= 15 is 0 Å². The molecule has 1 saturated heterocycles. The van der Waals surface area contributed by atoms with E-state index in [1.54, 1.807) is 16.2 Å². The highest BCUT2D eigenvalue weighted by atomic mass is 32.1. The minimum Gasteiger partial charge on any atom is -0.356 e. The standard InChI is InChI=1S/C20H21FN6OS/c1-13-17-23-24-18(19-22-16(12-29-19)25-8-2-3-9-25)27(17)11-10-26(13)20(28)14-4-6-15(21)7-5-14/h4-7,12-13H,2-3,8-11H2,1H3/t13-/m1/s1/i6D. The fourth-order valence-electron chi connectivity index (χ4n) is 3.99. The maximum atomic E-state index is 13.4. The minimum absolute atomic E-state index is 0.239. The lowest BCUT2D eigenvalue weighted by Gasteiger charge is -2.33. The summed E-state index contributed by atoms with van der Waals surface area (Å²) in [7, 11) is 0. The molecule has 0 saturated carbocycles. The van der Waals surface area contributed by atoms with E-state index in [0.29, 0.717) is 24.5 Å². The Balaban J connectivity index is 1.40. The Hall–Kier alpha value is -2.81. The van der Waals surface area contributed by atoms with Crippen molar-refractivity contribution >= 4 is 23.1 Å². The van der Waals surface area contributed by atoms with Gasteiger partial charge in [0, 0.05) is 37.1 Å². The Labute approximate surface area is 173 Å². The number of aromatic nitrogens is 4. The Morgan fingerprint density at radius 2 is 2.03 bits per heavy atom. The van der Waals surface area contributed by atoms with Gasteiger partial charge < -0.3 is 14.4 Å². The van der Waals surface area contributed by atoms with Crippen LogP contribution in [0.1, 0.15) is 43.4 Å². The molecule has 5 rings (SSSR count). The van der Waals surface area contributed by atoms with E-state index in [4.69, 9.17) is 6.35 Å². The average molecular weight is 414 g/mol. The van der Waals surface area contributed by atoms with Crippen LogP contribution in [-0.2, 0) is 6.54 Å². The second kappa shape index (κ2) is 7.22. The van der Waals surface area contributed by atoms with E-state index in [2.05, 4.69) is 20.5 Å². The Morgan fingerprint density at radius 1 is 1.21 bits per heavy atom. The molecular formula is C20H21FN6OS. The van der Waals surface area contributed by atoms with Crippen molar-refractivity contribution < 1.29 is 10.6 Å². The molecule has 0 N–H and O–H groups in total. The summed E-state index contributed by atoms with van der Waals surface area (Å²) in [6.45, 7) is 5.02. The van der Waals surface area contributed by atoms with Crippen LogP contribution in [0.5, 0.6) is 0 Å². The van der Waals surface area contributed by atoms with Crippen LogP contribution in [0.15, 0.2) is 29.6 Å². The van der Waals surface area contributed by atoms with Crippen LogP contribution >= 0.6 is 11.3 Å².